The van der Waals surface area contributed by atoms with Crippen LogP contribution in [0.25, 0.3) is 0 Å². The smallest absolute Gasteiger partial charge is 0.0108 e. The molecule has 2 fully saturated rings. The van der Waals surface area contributed by atoms with Crippen molar-refractivity contribution < 1.29 is 0 Å². The van der Waals surface area contributed by atoms with Crippen molar-refractivity contribution in [1.29, 1.82) is 0 Å². The lowest BCUT2D eigenvalue weighted by atomic mass is 9.94. The van der Waals surface area contributed by atoms with E-state index in [2.05, 4.69) is 9.80 Å². The van der Waals surface area contributed by atoms with Gasteiger partial charge < -0.3 is 10.6 Å². The summed E-state index contributed by atoms with van der Waals surface area (Å²) in [5, 5.41) is 0. The van der Waals surface area contributed by atoms with Crippen molar-refractivity contribution in [3.8, 4) is 0 Å². The van der Waals surface area contributed by atoms with Crippen LogP contribution in [0.1, 0.15) is 51.4 Å². The van der Waals surface area contributed by atoms with Crippen LogP contribution in [0.3, 0.4) is 0 Å². The number of nitrogens with two attached hydrogens (primary N) is 1. The lowest BCUT2D eigenvalue weighted by Gasteiger charge is -2.34. The van der Waals surface area contributed by atoms with E-state index in [9.17, 15) is 0 Å². The van der Waals surface area contributed by atoms with Gasteiger partial charge in [-0.3, -0.25) is 4.90 Å². The van der Waals surface area contributed by atoms with E-state index < -0.39 is 0 Å². The highest BCUT2D eigenvalue weighted by Crippen LogP contribution is 2.22. The first kappa shape index (κ1) is 14.3. The highest BCUT2D eigenvalue weighted by atomic mass is 15.2. The Morgan fingerprint density at radius 3 is 2.33 bits per heavy atom. The average Bonchev–Trinajstić information content (AvgIpc) is 2.92. The number of hydrogen-bond donors (Lipinski definition) is 1. The number of rotatable bonds is 7. The third-order valence-corrected chi connectivity index (χ3v) is 4.63. The summed E-state index contributed by atoms with van der Waals surface area (Å²) in [5.41, 5.74) is 5.78. The van der Waals surface area contributed by atoms with Gasteiger partial charge in [-0.1, -0.05) is 19.3 Å². The zero-order chi connectivity index (χ0) is 12.6. The molecular weight excluding hydrogens is 222 g/mol. The third-order valence-electron chi connectivity index (χ3n) is 4.63. The maximum Gasteiger partial charge on any atom is 0.0108 e. The maximum atomic E-state index is 5.78. The predicted octanol–water partition coefficient (Wildman–Crippen LogP) is 2.07. The summed E-state index contributed by atoms with van der Waals surface area (Å²) in [6.45, 7) is 7.15. The van der Waals surface area contributed by atoms with Crippen molar-refractivity contribution in [3.63, 3.8) is 0 Å². The molecular formula is C15H31N3. The van der Waals surface area contributed by atoms with E-state index in [-0.39, 0.29) is 0 Å². The average molecular weight is 253 g/mol. The van der Waals surface area contributed by atoms with Gasteiger partial charge in [-0.15, -0.1) is 0 Å². The van der Waals surface area contributed by atoms with Crippen molar-refractivity contribution in [2.45, 2.75) is 57.4 Å². The summed E-state index contributed by atoms with van der Waals surface area (Å²) < 4.78 is 0. The largest absolute Gasteiger partial charge is 0.329 e. The van der Waals surface area contributed by atoms with Crippen LogP contribution in [-0.2, 0) is 0 Å². The molecule has 0 radical (unpaired) electrons. The van der Waals surface area contributed by atoms with E-state index in [1.165, 1.54) is 77.5 Å². The SMILES string of the molecule is NCCN(CCCN1CCCC1)C1CCCCC1. The van der Waals surface area contributed by atoms with Crippen LogP contribution in [-0.4, -0.2) is 55.1 Å². The molecule has 1 saturated carbocycles. The molecule has 0 atom stereocenters. The molecule has 18 heavy (non-hydrogen) atoms. The van der Waals surface area contributed by atoms with Crippen LogP contribution in [0.5, 0.6) is 0 Å². The lowest BCUT2D eigenvalue weighted by Crippen LogP contribution is -2.41. The molecule has 3 heteroatoms. The second-order valence-electron chi connectivity index (χ2n) is 6.02. The monoisotopic (exact) mass is 253 g/mol. The number of likely N-dealkylation sites (tertiary alicyclic amines) is 1. The molecule has 0 spiro atoms. The van der Waals surface area contributed by atoms with Gasteiger partial charge in [0.05, 0.1) is 0 Å². The Kier molecular flexibility index (Phi) is 6.46. The van der Waals surface area contributed by atoms with Gasteiger partial charge in [-0.05, 0) is 58.3 Å². The van der Waals surface area contributed by atoms with Gasteiger partial charge >= 0.3 is 0 Å². The minimum atomic E-state index is 0.820. The first-order valence-corrected chi connectivity index (χ1v) is 8.06. The minimum absolute atomic E-state index is 0.820. The fourth-order valence-corrected chi connectivity index (χ4v) is 3.59. The standard InChI is InChI=1S/C15H31N3/c16-9-14-18(15-7-2-1-3-8-15)13-6-12-17-10-4-5-11-17/h15H,1-14,16H2. The van der Waals surface area contributed by atoms with E-state index in [0.29, 0.717) is 0 Å². The molecule has 0 aromatic heterocycles. The summed E-state index contributed by atoms with van der Waals surface area (Å²) in [6.07, 6.45) is 11.3. The topological polar surface area (TPSA) is 32.5 Å². The Labute approximate surface area is 113 Å². The van der Waals surface area contributed by atoms with Crippen molar-refractivity contribution in [3.05, 3.63) is 0 Å². The molecule has 0 aromatic rings. The Hall–Kier alpha value is -0.120. The molecule has 2 aliphatic rings. The fourth-order valence-electron chi connectivity index (χ4n) is 3.59. The number of nitrogens with zero attached hydrogens (tertiary/aromatic N) is 2. The molecule has 2 rings (SSSR count). The molecule has 3 nitrogen and oxygen atoms in total. The zero-order valence-corrected chi connectivity index (χ0v) is 11.9. The van der Waals surface area contributed by atoms with Crippen LogP contribution >= 0.6 is 0 Å². The summed E-state index contributed by atoms with van der Waals surface area (Å²) in [5.74, 6) is 0. The van der Waals surface area contributed by atoms with Gasteiger partial charge in [-0.25, -0.2) is 0 Å². The highest BCUT2D eigenvalue weighted by Gasteiger charge is 2.20. The van der Waals surface area contributed by atoms with Gasteiger partial charge in [0.2, 0.25) is 0 Å². The Morgan fingerprint density at radius 2 is 1.67 bits per heavy atom. The quantitative estimate of drug-likeness (QED) is 0.754. The van der Waals surface area contributed by atoms with E-state index in [1.54, 1.807) is 0 Å². The normalized spacial score (nSPS) is 23.0. The van der Waals surface area contributed by atoms with Crippen LogP contribution < -0.4 is 5.73 Å². The lowest BCUT2D eigenvalue weighted by molar-refractivity contribution is 0.152. The summed E-state index contributed by atoms with van der Waals surface area (Å²) in [6, 6.07) is 0.834. The van der Waals surface area contributed by atoms with Crippen LogP contribution in [0.2, 0.25) is 0 Å². The predicted molar refractivity (Wildman–Crippen MR) is 77.8 cm³/mol. The third kappa shape index (κ3) is 4.52. The van der Waals surface area contributed by atoms with Gasteiger partial charge in [0, 0.05) is 19.1 Å². The summed E-state index contributed by atoms with van der Waals surface area (Å²) >= 11 is 0. The molecule has 0 aromatic carbocycles. The molecule has 1 saturated heterocycles. The van der Waals surface area contributed by atoms with Gasteiger partial charge in [0.1, 0.15) is 0 Å². The van der Waals surface area contributed by atoms with Crippen molar-refractivity contribution in [2.75, 3.05) is 39.3 Å². The molecule has 0 amide bonds. The Morgan fingerprint density at radius 1 is 0.944 bits per heavy atom. The van der Waals surface area contributed by atoms with E-state index in [0.717, 1.165) is 19.1 Å². The maximum absolute atomic E-state index is 5.78. The summed E-state index contributed by atoms with van der Waals surface area (Å²) in [4.78, 5) is 5.30. The Bertz CT molecular complexity index is 208. The van der Waals surface area contributed by atoms with E-state index in [1.807, 2.05) is 0 Å². The van der Waals surface area contributed by atoms with E-state index in [4.69, 9.17) is 5.73 Å². The Balaban J connectivity index is 1.67. The van der Waals surface area contributed by atoms with Crippen LogP contribution in [0.15, 0.2) is 0 Å². The molecule has 0 bridgehead atoms. The van der Waals surface area contributed by atoms with Gasteiger partial charge in [-0.2, -0.15) is 0 Å². The van der Waals surface area contributed by atoms with Crippen molar-refractivity contribution in [2.24, 2.45) is 5.73 Å². The van der Waals surface area contributed by atoms with Crippen molar-refractivity contribution in [1.82, 2.24) is 9.80 Å². The molecule has 0 unspecified atom stereocenters. The first-order chi connectivity index (χ1) is 8.90. The molecule has 1 aliphatic carbocycles. The molecule has 1 heterocycles. The molecule has 106 valence electrons. The second kappa shape index (κ2) is 8.13. The summed E-state index contributed by atoms with van der Waals surface area (Å²) in [7, 11) is 0. The molecule has 1 aliphatic heterocycles. The van der Waals surface area contributed by atoms with Gasteiger partial charge in [0.15, 0.2) is 0 Å². The highest BCUT2D eigenvalue weighted by molar-refractivity contribution is 4.77. The van der Waals surface area contributed by atoms with Crippen molar-refractivity contribution >= 4 is 0 Å². The first-order valence-electron chi connectivity index (χ1n) is 8.06. The number of hydrogen-bond acceptors (Lipinski definition) is 3. The minimum Gasteiger partial charge on any atom is -0.329 e. The van der Waals surface area contributed by atoms with Crippen LogP contribution in [0.4, 0.5) is 0 Å². The molecule has 2 N–H and O–H groups in total. The zero-order valence-electron chi connectivity index (χ0n) is 11.9. The van der Waals surface area contributed by atoms with Gasteiger partial charge in [0.25, 0.3) is 0 Å². The second-order valence-corrected chi connectivity index (χ2v) is 6.02. The van der Waals surface area contributed by atoms with E-state index >= 15 is 0 Å². The van der Waals surface area contributed by atoms with Crippen LogP contribution in [0, 0.1) is 0 Å². The fraction of sp³-hybridized carbons (Fsp3) is 1.00.